The van der Waals surface area contributed by atoms with E-state index < -0.39 is 6.09 Å². The Labute approximate surface area is 102 Å². The van der Waals surface area contributed by atoms with Gasteiger partial charge in [0.15, 0.2) is 0 Å². The summed E-state index contributed by atoms with van der Waals surface area (Å²) >= 11 is 0. The Morgan fingerprint density at radius 1 is 1.29 bits per heavy atom. The van der Waals surface area contributed by atoms with Crippen LogP contribution >= 0.6 is 0 Å². The summed E-state index contributed by atoms with van der Waals surface area (Å²) in [7, 11) is 1.33. The number of hydrogen-bond donors (Lipinski definition) is 1. The number of carbonyl (C=O) groups excluding carboxylic acids is 1. The number of alkyl carbamates (subject to hydrolysis) is 1. The van der Waals surface area contributed by atoms with Crippen LogP contribution in [0.3, 0.4) is 0 Å². The van der Waals surface area contributed by atoms with Crippen molar-refractivity contribution in [3.05, 3.63) is 29.8 Å². The molecule has 0 unspecified atom stereocenters. The van der Waals surface area contributed by atoms with Crippen LogP contribution in [0.5, 0.6) is 5.75 Å². The number of nitrogens with one attached hydrogen (secondary N) is 1. The predicted octanol–water partition coefficient (Wildman–Crippen LogP) is 2.54. The molecule has 0 heterocycles. The molecule has 1 N–H and O–H groups in total. The fraction of sp³-hybridized carbons (Fsp3) is 0.462. The smallest absolute Gasteiger partial charge is 0.406 e. The zero-order valence-electron chi connectivity index (χ0n) is 10.5. The summed E-state index contributed by atoms with van der Waals surface area (Å²) in [6, 6.07) is 7.97. The molecule has 1 aromatic rings. The van der Waals surface area contributed by atoms with Gasteiger partial charge in [-0.15, -0.1) is 0 Å². The molecule has 0 aliphatic carbocycles. The third-order valence-corrected chi connectivity index (χ3v) is 2.37. The number of ether oxygens (including phenoxy) is 2. The first-order valence-electron chi connectivity index (χ1n) is 5.68. The SMILES string of the molecule is COC(=O)NCCOc1ccc(C(C)C)cc1. The van der Waals surface area contributed by atoms with Crippen LogP contribution in [0.25, 0.3) is 0 Å². The highest BCUT2D eigenvalue weighted by molar-refractivity contribution is 5.66. The van der Waals surface area contributed by atoms with Gasteiger partial charge in [0.25, 0.3) is 0 Å². The minimum Gasteiger partial charge on any atom is -0.492 e. The Hall–Kier alpha value is -1.71. The Bertz CT molecular complexity index is 346. The topological polar surface area (TPSA) is 47.6 Å². The molecule has 0 aliphatic heterocycles. The van der Waals surface area contributed by atoms with Gasteiger partial charge in [0.1, 0.15) is 12.4 Å². The van der Waals surface area contributed by atoms with Crippen molar-refractivity contribution in [2.45, 2.75) is 19.8 Å². The zero-order chi connectivity index (χ0) is 12.7. The molecule has 0 fully saturated rings. The van der Waals surface area contributed by atoms with Gasteiger partial charge < -0.3 is 14.8 Å². The lowest BCUT2D eigenvalue weighted by Crippen LogP contribution is -2.27. The number of benzene rings is 1. The second-order valence-corrected chi connectivity index (χ2v) is 3.99. The molecule has 0 aromatic heterocycles. The Morgan fingerprint density at radius 3 is 2.47 bits per heavy atom. The maximum absolute atomic E-state index is 10.8. The van der Waals surface area contributed by atoms with E-state index in [1.54, 1.807) is 0 Å². The van der Waals surface area contributed by atoms with Crippen LogP contribution in [-0.4, -0.2) is 26.4 Å². The van der Waals surface area contributed by atoms with Crippen molar-refractivity contribution in [3.63, 3.8) is 0 Å². The van der Waals surface area contributed by atoms with Crippen LogP contribution in [0.1, 0.15) is 25.3 Å². The van der Waals surface area contributed by atoms with Crippen LogP contribution < -0.4 is 10.1 Å². The van der Waals surface area contributed by atoms with E-state index >= 15 is 0 Å². The predicted molar refractivity (Wildman–Crippen MR) is 66.4 cm³/mol. The maximum Gasteiger partial charge on any atom is 0.406 e. The standard InChI is InChI=1S/C13H19NO3/c1-10(2)11-4-6-12(7-5-11)17-9-8-14-13(15)16-3/h4-7,10H,8-9H2,1-3H3,(H,14,15). The minimum atomic E-state index is -0.441. The molecule has 0 atom stereocenters. The largest absolute Gasteiger partial charge is 0.492 e. The van der Waals surface area contributed by atoms with E-state index in [0.29, 0.717) is 19.1 Å². The van der Waals surface area contributed by atoms with Crippen molar-refractivity contribution in [1.29, 1.82) is 0 Å². The Morgan fingerprint density at radius 2 is 1.94 bits per heavy atom. The summed E-state index contributed by atoms with van der Waals surface area (Å²) in [6.45, 7) is 5.15. The molecule has 94 valence electrons. The van der Waals surface area contributed by atoms with E-state index in [-0.39, 0.29) is 0 Å². The van der Waals surface area contributed by atoms with Crippen molar-refractivity contribution in [2.75, 3.05) is 20.3 Å². The van der Waals surface area contributed by atoms with Crippen LogP contribution in [0.15, 0.2) is 24.3 Å². The van der Waals surface area contributed by atoms with Crippen LogP contribution in [0.2, 0.25) is 0 Å². The van der Waals surface area contributed by atoms with Gasteiger partial charge in [-0.25, -0.2) is 4.79 Å². The van der Waals surface area contributed by atoms with Gasteiger partial charge in [-0.2, -0.15) is 0 Å². The van der Waals surface area contributed by atoms with Gasteiger partial charge >= 0.3 is 6.09 Å². The highest BCUT2D eigenvalue weighted by Crippen LogP contribution is 2.18. The van der Waals surface area contributed by atoms with E-state index in [2.05, 4.69) is 23.9 Å². The summed E-state index contributed by atoms with van der Waals surface area (Å²) in [5.41, 5.74) is 1.28. The summed E-state index contributed by atoms with van der Waals surface area (Å²) in [5, 5.41) is 2.55. The molecule has 1 aromatic carbocycles. The van der Waals surface area contributed by atoms with Crippen molar-refractivity contribution in [1.82, 2.24) is 5.32 Å². The normalized spacial score (nSPS) is 10.1. The van der Waals surface area contributed by atoms with Gasteiger partial charge in [-0.1, -0.05) is 26.0 Å². The highest BCUT2D eigenvalue weighted by Gasteiger charge is 2.00. The second kappa shape index (κ2) is 6.78. The summed E-state index contributed by atoms with van der Waals surface area (Å²) in [4.78, 5) is 10.8. The molecule has 0 radical (unpaired) electrons. The Kier molecular flexibility index (Phi) is 5.33. The number of rotatable bonds is 5. The quantitative estimate of drug-likeness (QED) is 0.800. The molecule has 0 saturated heterocycles. The average molecular weight is 237 g/mol. The van der Waals surface area contributed by atoms with Crippen molar-refractivity contribution >= 4 is 6.09 Å². The van der Waals surface area contributed by atoms with Crippen molar-refractivity contribution < 1.29 is 14.3 Å². The van der Waals surface area contributed by atoms with E-state index in [1.165, 1.54) is 12.7 Å². The van der Waals surface area contributed by atoms with Gasteiger partial charge in [0, 0.05) is 0 Å². The van der Waals surface area contributed by atoms with E-state index in [4.69, 9.17) is 4.74 Å². The number of amides is 1. The fourth-order valence-corrected chi connectivity index (χ4v) is 1.34. The second-order valence-electron chi connectivity index (χ2n) is 3.99. The molecular weight excluding hydrogens is 218 g/mol. The van der Waals surface area contributed by atoms with Crippen LogP contribution in [0, 0.1) is 0 Å². The fourth-order valence-electron chi connectivity index (χ4n) is 1.34. The van der Waals surface area contributed by atoms with E-state index in [0.717, 1.165) is 5.75 Å². The number of carbonyl (C=O) groups is 1. The molecule has 4 heteroatoms. The first-order chi connectivity index (χ1) is 8.13. The molecule has 0 aliphatic rings. The third kappa shape index (κ3) is 4.76. The molecule has 1 amide bonds. The minimum absolute atomic E-state index is 0.427. The molecule has 0 spiro atoms. The van der Waals surface area contributed by atoms with Gasteiger partial charge in [-0.05, 0) is 23.6 Å². The monoisotopic (exact) mass is 237 g/mol. The highest BCUT2D eigenvalue weighted by atomic mass is 16.5. The first kappa shape index (κ1) is 13.4. The van der Waals surface area contributed by atoms with Crippen LogP contribution in [-0.2, 0) is 4.74 Å². The Balaban J connectivity index is 2.30. The molecule has 0 bridgehead atoms. The summed E-state index contributed by atoms with van der Waals surface area (Å²) in [6.07, 6.45) is -0.441. The molecule has 4 nitrogen and oxygen atoms in total. The number of hydrogen-bond acceptors (Lipinski definition) is 3. The van der Waals surface area contributed by atoms with Gasteiger partial charge in [0.05, 0.1) is 13.7 Å². The van der Waals surface area contributed by atoms with Crippen LogP contribution in [0.4, 0.5) is 4.79 Å². The average Bonchev–Trinajstić information content (AvgIpc) is 2.34. The van der Waals surface area contributed by atoms with Crippen molar-refractivity contribution in [2.24, 2.45) is 0 Å². The lowest BCUT2D eigenvalue weighted by Gasteiger charge is -2.09. The number of methoxy groups -OCH3 is 1. The van der Waals surface area contributed by atoms with Gasteiger partial charge in [0.2, 0.25) is 0 Å². The zero-order valence-corrected chi connectivity index (χ0v) is 10.5. The molecule has 0 saturated carbocycles. The molecular formula is C13H19NO3. The first-order valence-corrected chi connectivity index (χ1v) is 5.68. The van der Waals surface area contributed by atoms with Gasteiger partial charge in [-0.3, -0.25) is 0 Å². The lowest BCUT2D eigenvalue weighted by atomic mass is 10.0. The molecule has 17 heavy (non-hydrogen) atoms. The summed E-state index contributed by atoms with van der Waals surface area (Å²) < 4.78 is 9.90. The molecule has 1 rings (SSSR count). The lowest BCUT2D eigenvalue weighted by molar-refractivity contribution is 0.168. The van der Waals surface area contributed by atoms with E-state index in [1.807, 2.05) is 24.3 Å². The maximum atomic E-state index is 10.8. The van der Waals surface area contributed by atoms with E-state index in [9.17, 15) is 4.79 Å². The van der Waals surface area contributed by atoms with Crippen molar-refractivity contribution in [3.8, 4) is 5.75 Å². The third-order valence-electron chi connectivity index (χ3n) is 2.37. The summed E-state index contributed by atoms with van der Waals surface area (Å²) in [5.74, 6) is 1.33.